The lowest BCUT2D eigenvalue weighted by Crippen LogP contribution is -2.28. The molecule has 1 nitrogen and oxygen atoms in total. The van der Waals surface area contributed by atoms with Gasteiger partial charge >= 0.3 is 0 Å². The molecule has 0 bridgehead atoms. The van der Waals surface area contributed by atoms with Gasteiger partial charge in [-0.3, -0.25) is 0 Å². The standard InChI is InChI=1S/C32H25BrO/c1-20-8-12-22(13-9-20)32(23-14-10-21(2)11-15-23)28-18-24(33)16-17-27(28)31-26-7-5-4-6-25(26)30(34-3)19-29(31)32/h4-19H,1-3H3. The Morgan fingerprint density at radius 3 is 1.82 bits per heavy atom. The van der Waals surface area contributed by atoms with Crippen LogP contribution in [0.1, 0.15) is 33.4 Å². The molecule has 1 aliphatic rings. The summed E-state index contributed by atoms with van der Waals surface area (Å²) < 4.78 is 7.05. The SMILES string of the molecule is COc1cc2c(c3ccccc13)-c1ccc(Br)cc1C2(c1ccc(C)cc1)c1ccc(C)cc1. The van der Waals surface area contributed by atoms with Gasteiger partial charge in [0.2, 0.25) is 0 Å². The largest absolute Gasteiger partial charge is 0.496 e. The van der Waals surface area contributed by atoms with E-state index in [9.17, 15) is 0 Å². The first-order valence-corrected chi connectivity index (χ1v) is 12.4. The van der Waals surface area contributed by atoms with Crippen LogP contribution in [0, 0.1) is 13.8 Å². The van der Waals surface area contributed by atoms with Crippen molar-refractivity contribution in [2.45, 2.75) is 19.3 Å². The van der Waals surface area contributed by atoms with Crippen LogP contribution in [0.2, 0.25) is 0 Å². The molecule has 0 unspecified atom stereocenters. The number of benzene rings is 5. The van der Waals surface area contributed by atoms with Gasteiger partial charge in [0.05, 0.1) is 12.5 Å². The lowest BCUT2D eigenvalue weighted by Gasteiger charge is -2.34. The van der Waals surface area contributed by atoms with E-state index in [2.05, 4.69) is 127 Å². The van der Waals surface area contributed by atoms with Crippen LogP contribution < -0.4 is 4.74 Å². The van der Waals surface area contributed by atoms with E-state index in [1.54, 1.807) is 7.11 Å². The van der Waals surface area contributed by atoms with Crippen LogP contribution in [0.3, 0.4) is 0 Å². The topological polar surface area (TPSA) is 9.23 Å². The molecule has 34 heavy (non-hydrogen) atoms. The molecule has 0 radical (unpaired) electrons. The van der Waals surface area contributed by atoms with Gasteiger partial charge in [-0.15, -0.1) is 0 Å². The predicted molar refractivity (Wildman–Crippen MR) is 145 cm³/mol. The van der Waals surface area contributed by atoms with Crippen molar-refractivity contribution in [2.24, 2.45) is 0 Å². The van der Waals surface area contributed by atoms with E-state index in [-0.39, 0.29) is 0 Å². The molecule has 0 aliphatic heterocycles. The Labute approximate surface area is 209 Å². The van der Waals surface area contributed by atoms with Crippen molar-refractivity contribution in [1.29, 1.82) is 0 Å². The van der Waals surface area contributed by atoms with Crippen molar-refractivity contribution in [3.63, 3.8) is 0 Å². The van der Waals surface area contributed by atoms with Crippen LogP contribution in [0.25, 0.3) is 21.9 Å². The molecule has 0 aromatic heterocycles. The van der Waals surface area contributed by atoms with Crippen molar-refractivity contribution in [1.82, 2.24) is 0 Å². The molecule has 0 saturated carbocycles. The first kappa shape index (κ1) is 21.2. The van der Waals surface area contributed by atoms with Gasteiger partial charge in [0.15, 0.2) is 0 Å². The van der Waals surface area contributed by atoms with E-state index in [1.165, 1.54) is 49.9 Å². The van der Waals surface area contributed by atoms with Gasteiger partial charge in [0.1, 0.15) is 5.75 Å². The third kappa shape index (κ3) is 2.91. The van der Waals surface area contributed by atoms with Crippen LogP contribution in [-0.4, -0.2) is 7.11 Å². The van der Waals surface area contributed by atoms with Gasteiger partial charge < -0.3 is 4.74 Å². The van der Waals surface area contributed by atoms with E-state index in [0.717, 1.165) is 15.6 Å². The highest BCUT2D eigenvalue weighted by Crippen LogP contribution is 2.59. The first-order chi connectivity index (χ1) is 16.5. The average molecular weight is 505 g/mol. The second kappa shape index (κ2) is 7.85. The number of hydrogen-bond donors (Lipinski definition) is 0. The summed E-state index contributed by atoms with van der Waals surface area (Å²) in [5.41, 5.74) is 9.71. The smallest absolute Gasteiger partial charge is 0.127 e. The zero-order valence-corrected chi connectivity index (χ0v) is 21.1. The Balaban J connectivity index is 1.86. The number of aryl methyl sites for hydroxylation is 2. The second-order valence-electron chi connectivity index (χ2n) is 9.22. The fourth-order valence-electron chi connectivity index (χ4n) is 5.68. The van der Waals surface area contributed by atoms with Gasteiger partial charge in [0.25, 0.3) is 0 Å². The van der Waals surface area contributed by atoms with E-state index >= 15 is 0 Å². The molecule has 166 valence electrons. The summed E-state index contributed by atoms with van der Waals surface area (Å²) in [6.45, 7) is 4.29. The van der Waals surface area contributed by atoms with Crippen molar-refractivity contribution >= 4 is 26.7 Å². The Hall–Kier alpha value is -3.36. The molecule has 2 heteroatoms. The second-order valence-corrected chi connectivity index (χ2v) is 10.1. The molecule has 0 saturated heterocycles. The fraction of sp³-hybridized carbons (Fsp3) is 0.125. The fourth-order valence-corrected chi connectivity index (χ4v) is 6.04. The zero-order chi connectivity index (χ0) is 23.4. The molecular formula is C32H25BrO. The highest BCUT2D eigenvalue weighted by molar-refractivity contribution is 9.10. The summed E-state index contributed by atoms with van der Waals surface area (Å²) in [6, 6.07) is 35.6. The average Bonchev–Trinajstić information content (AvgIpc) is 3.14. The minimum atomic E-state index is -0.451. The van der Waals surface area contributed by atoms with Crippen molar-refractivity contribution in [2.75, 3.05) is 7.11 Å². The van der Waals surface area contributed by atoms with Crippen molar-refractivity contribution in [3.05, 3.63) is 135 Å². The number of rotatable bonds is 3. The summed E-state index contributed by atoms with van der Waals surface area (Å²) in [6.07, 6.45) is 0. The molecule has 0 atom stereocenters. The maximum atomic E-state index is 5.97. The summed E-state index contributed by atoms with van der Waals surface area (Å²) in [4.78, 5) is 0. The summed E-state index contributed by atoms with van der Waals surface area (Å²) in [5, 5.41) is 2.36. The van der Waals surface area contributed by atoms with Gasteiger partial charge in [-0.25, -0.2) is 0 Å². The van der Waals surface area contributed by atoms with Gasteiger partial charge in [-0.05, 0) is 70.8 Å². The van der Waals surface area contributed by atoms with E-state index < -0.39 is 5.41 Å². The summed E-state index contributed by atoms with van der Waals surface area (Å²) in [5.74, 6) is 0.907. The van der Waals surface area contributed by atoms with Crippen LogP contribution in [0.15, 0.2) is 102 Å². The summed E-state index contributed by atoms with van der Waals surface area (Å²) >= 11 is 3.78. The molecule has 1 aliphatic carbocycles. The molecule has 5 aromatic rings. The first-order valence-electron chi connectivity index (χ1n) is 11.6. The number of fused-ring (bicyclic) bond motifs is 5. The number of methoxy groups -OCH3 is 1. The van der Waals surface area contributed by atoms with Crippen molar-refractivity contribution in [3.8, 4) is 16.9 Å². The Kier molecular flexibility index (Phi) is 4.89. The normalized spacial score (nSPS) is 13.5. The van der Waals surface area contributed by atoms with Crippen molar-refractivity contribution < 1.29 is 4.74 Å². The molecule has 6 rings (SSSR count). The Morgan fingerprint density at radius 1 is 0.647 bits per heavy atom. The third-order valence-electron chi connectivity index (χ3n) is 7.25. The molecular weight excluding hydrogens is 480 g/mol. The molecule has 0 amide bonds. The van der Waals surface area contributed by atoms with Crippen LogP contribution in [0.4, 0.5) is 0 Å². The molecule has 0 spiro atoms. The Bertz CT molecular complexity index is 1500. The maximum Gasteiger partial charge on any atom is 0.127 e. The molecule has 0 N–H and O–H groups in total. The minimum Gasteiger partial charge on any atom is -0.496 e. The predicted octanol–water partition coefficient (Wildman–Crippen LogP) is 8.59. The van der Waals surface area contributed by atoms with Crippen LogP contribution in [0.5, 0.6) is 5.75 Å². The lowest BCUT2D eigenvalue weighted by atomic mass is 9.67. The molecule has 0 heterocycles. The monoisotopic (exact) mass is 504 g/mol. The highest BCUT2D eigenvalue weighted by atomic mass is 79.9. The zero-order valence-electron chi connectivity index (χ0n) is 19.5. The number of halogens is 1. The van der Waals surface area contributed by atoms with E-state index in [0.29, 0.717) is 0 Å². The molecule has 5 aromatic carbocycles. The minimum absolute atomic E-state index is 0.451. The summed E-state index contributed by atoms with van der Waals surface area (Å²) in [7, 11) is 1.77. The quantitative estimate of drug-likeness (QED) is 0.234. The van der Waals surface area contributed by atoms with Gasteiger partial charge in [0, 0.05) is 9.86 Å². The lowest BCUT2D eigenvalue weighted by molar-refractivity contribution is 0.419. The number of hydrogen-bond acceptors (Lipinski definition) is 1. The van der Waals surface area contributed by atoms with E-state index in [4.69, 9.17) is 4.74 Å². The molecule has 0 fully saturated rings. The van der Waals surface area contributed by atoms with Crippen LogP contribution in [-0.2, 0) is 5.41 Å². The maximum absolute atomic E-state index is 5.97. The van der Waals surface area contributed by atoms with Gasteiger partial charge in [-0.2, -0.15) is 0 Å². The Morgan fingerprint density at radius 2 is 1.24 bits per heavy atom. The highest BCUT2D eigenvalue weighted by Gasteiger charge is 2.47. The third-order valence-corrected chi connectivity index (χ3v) is 7.75. The van der Waals surface area contributed by atoms with Crippen LogP contribution >= 0.6 is 15.9 Å². The van der Waals surface area contributed by atoms with E-state index in [1.807, 2.05) is 0 Å². The van der Waals surface area contributed by atoms with Gasteiger partial charge in [-0.1, -0.05) is 106 Å². The number of ether oxygens (including phenoxy) is 1.